The number of aryl methyl sites for hydroxylation is 1. The summed E-state index contributed by atoms with van der Waals surface area (Å²) in [5, 5.41) is 5.63. The van der Waals surface area contributed by atoms with Crippen molar-refractivity contribution in [1.82, 2.24) is 4.98 Å². The van der Waals surface area contributed by atoms with Gasteiger partial charge in [0.15, 0.2) is 11.6 Å². The van der Waals surface area contributed by atoms with Gasteiger partial charge >= 0.3 is 0 Å². The first kappa shape index (κ1) is 22.2. The molecule has 1 saturated carbocycles. The van der Waals surface area contributed by atoms with E-state index in [2.05, 4.69) is 15.6 Å². The maximum absolute atomic E-state index is 12.3. The van der Waals surface area contributed by atoms with Crippen LogP contribution in [0.25, 0.3) is 0 Å². The third kappa shape index (κ3) is 7.37. The summed E-state index contributed by atoms with van der Waals surface area (Å²) in [7, 11) is 0. The Kier molecular flexibility index (Phi) is 8.56. The Hall–Kier alpha value is -2.54. The summed E-state index contributed by atoms with van der Waals surface area (Å²) in [6.07, 6.45) is 7.86. The first-order valence-corrected chi connectivity index (χ1v) is 11.6. The number of hydrogen-bond donors (Lipinski definition) is 2. The van der Waals surface area contributed by atoms with Gasteiger partial charge in [0, 0.05) is 11.9 Å². The highest BCUT2D eigenvalue weighted by Crippen LogP contribution is 2.27. The second-order valence-electron chi connectivity index (χ2n) is 7.62. The maximum atomic E-state index is 12.3. The molecule has 0 atom stereocenters. The Balaban J connectivity index is 1.41. The monoisotopic (exact) mass is 427 g/mol. The summed E-state index contributed by atoms with van der Waals surface area (Å²) >= 11 is 1.26. The van der Waals surface area contributed by atoms with Gasteiger partial charge in [-0.1, -0.05) is 37.0 Å². The van der Waals surface area contributed by atoms with Gasteiger partial charge in [0.25, 0.3) is 0 Å². The fourth-order valence-corrected chi connectivity index (χ4v) is 4.02. The summed E-state index contributed by atoms with van der Waals surface area (Å²) < 4.78 is 5.95. The second kappa shape index (κ2) is 11.6. The van der Waals surface area contributed by atoms with Crippen molar-refractivity contribution in [2.75, 3.05) is 28.7 Å². The third-order valence-corrected chi connectivity index (χ3v) is 5.96. The molecule has 1 heterocycles. The minimum absolute atomic E-state index is 0.133. The van der Waals surface area contributed by atoms with Crippen molar-refractivity contribution in [1.29, 1.82) is 0 Å². The average molecular weight is 428 g/mol. The van der Waals surface area contributed by atoms with Crippen molar-refractivity contribution >= 4 is 35.1 Å². The number of pyridine rings is 1. The van der Waals surface area contributed by atoms with Crippen LogP contribution in [0.2, 0.25) is 0 Å². The molecule has 0 unspecified atom stereocenters. The summed E-state index contributed by atoms with van der Waals surface area (Å²) in [5.41, 5.74) is 1.89. The number of anilines is 2. The van der Waals surface area contributed by atoms with Crippen LogP contribution in [0.1, 0.15) is 37.7 Å². The molecule has 0 radical (unpaired) electrons. The largest absolute Gasteiger partial charge is 0.489 e. The van der Waals surface area contributed by atoms with Gasteiger partial charge in [-0.3, -0.25) is 9.59 Å². The third-order valence-electron chi connectivity index (χ3n) is 5.03. The van der Waals surface area contributed by atoms with Gasteiger partial charge in [-0.2, -0.15) is 0 Å². The topological polar surface area (TPSA) is 80.3 Å². The van der Waals surface area contributed by atoms with Gasteiger partial charge in [0.2, 0.25) is 11.8 Å². The van der Waals surface area contributed by atoms with Crippen molar-refractivity contribution in [3.63, 3.8) is 0 Å². The van der Waals surface area contributed by atoms with E-state index >= 15 is 0 Å². The second-order valence-corrected chi connectivity index (χ2v) is 8.61. The molecule has 0 saturated heterocycles. The lowest BCUT2D eigenvalue weighted by atomic mass is 9.90. The molecule has 7 heteroatoms. The number of ether oxygens (including phenoxy) is 1. The Labute approximate surface area is 182 Å². The van der Waals surface area contributed by atoms with Gasteiger partial charge in [-0.15, -0.1) is 11.8 Å². The van der Waals surface area contributed by atoms with E-state index in [0.717, 1.165) is 11.3 Å². The zero-order valence-corrected chi connectivity index (χ0v) is 18.2. The van der Waals surface area contributed by atoms with E-state index in [4.69, 9.17) is 4.74 Å². The van der Waals surface area contributed by atoms with Crippen LogP contribution in [0.5, 0.6) is 5.75 Å². The Morgan fingerprint density at radius 2 is 1.73 bits per heavy atom. The normalized spacial score (nSPS) is 14.2. The zero-order chi connectivity index (χ0) is 21.2. The standard InChI is InChI=1S/C23H29N3O3S/c1-17-9-11-19(12-10-17)25-21(27)15-30-16-22(28)26-23-20(8-5-13-24-23)29-14-18-6-3-2-4-7-18/h5,8-13,18H,2-4,6-7,14-16H2,1H3,(H,25,27)(H,24,26,28). The minimum atomic E-state index is -0.204. The van der Waals surface area contributed by atoms with Crippen molar-refractivity contribution in [2.24, 2.45) is 5.92 Å². The number of benzene rings is 1. The minimum Gasteiger partial charge on any atom is -0.489 e. The molecule has 0 spiro atoms. The Bertz CT molecular complexity index is 836. The fourth-order valence-electron chi connectivity index (χ4n) is 3.40. The average Bonchev–Trinajstić information content (AvgIpc) is 2.75. The first-order valence-electron chi connectivity index (χ1n) is 10.4. The lowest BCUT2D eigenvalue weighted by Crippen LogP contribution is -2.20. The molecule has 6 nitrogen and oxygen atoms in total. The summed E-state index contributed by atoms with van der Waals surface area (Å²) in [5.74, 6) is 1.64. The number of carbonyl (C=O) groups is 2. The highest BCUT2D eigenvalue weighted by Gasteiger charge is 2.16. The first-order chi connectivity index (χ1) is 14.6. The van der Waals surface area contributed by atoms with Crippen LogP contribution in [-0.2, 0) is 9.59 Å². The van der Waals surface area contributed by atoms with Crippen LogP contribution < -0.4 is 15.4 Å². The van der Waals surface area contributed by atoms with Gasteiger partial charge in [-0.25, -0.2) is 4.98 Å². The van der Waals surface area contributed by atoms with Crippen molar-refractivity contribution in [2.45, 2.75) is 39.0 Å². The number of nitrogens with one attached hydrogen (secondary N) is 2. The van der Waals surface area contributed by atoms with Crippen LogP contribution >= 0.6 is 11.8 Å². The zero-order valence-electron chi connectivity index (χ0n) is 17.4. The quantitative estimate of drug-likeness (QED) is 0.608. The maximum Gasteiger partial charge on any atom is 0.235 e. The Morgan fingerprint density at radius 1 is 1.03 bits per heavy atom. The van der Waals surface area contributed by atoms with Crippen LogP contribution in [0.3, 0.4) is 0 Å². The molecule has 2 aromatic rings. The molecule has 0 bridgehead atoms. The molecule has 1 aromatic carbocycles. The Morgan fingerprint density at radius 3 is 2.47 bits per heavy atom. The van der Waals surface area contributed by atoms with Crippen LogP contribution in [0, 0.1) is 12.8 Å². The summed E-state index contributed by atoms with van der Waals surface area (Å²) in [4.78, 5) is 28.6. The predicted molar refractivity (Wildman–Crippen MR) is 122 cm³/mol. The molecule has 30 heavy (non-hydrogen) atoms. The van der Waals surface area contributed by atoms with Gasteiger partial charge in [-0.05, 0) is 49.9 Å². The van der Waals surface area contributed by atoms with E-state index in [-0.39, 0.29) is 23.3 Å². The molecule has 1 aliphatic carbocycles. The predicted octanol–water partition coefficient (Wildman–Crippen LogP) is 4.66. The van der Waals surface area contributed by atoms with E-state index in [9.17, 15) is 9.59 Å². The van der Waals surface area contributed by atoms with E-state index in [1.54, 1.807) is 12.3 Å². The van der Waals surface area contributed by atoms with Gasteiger partial charge in [0.05, 0.1) is 18.1 Å². The molecular weight excluding hydrogens is 398 g/mol. The molecule has 3 rings (SSSR count). The highest BCUT2D eigenvalue weighted by molar-refractivity contribution is 8.00. The molecule has 1 fully saturated rings. The smallest absolute Gasteiger partial charge is 0.235 e. The van der Waals surface area contributed by atoms with Gasteiger partial charge < -0.3 is 15.4 Å². The fraction of sp³-hybridized carbons (Fsp3) is 0.435. The number of aromatic nitrogens is 1. The number of rotatable bonds is 9. The van der Waals surface area contributed by atoms with Crippen LogP contribution in [-0.4, -0.2) is 34.9 Å². The van der Waals surface area contributed by atoms with Crippen LogP contribution in [0.15, 0.2) is 42.6 Å². The van der Waals surface area contributed by atoms with E-state index in [0.29, 0.717) is 24.1 Å². The highest BCUT2D eigenvalue weighted by atomic mass is 32.2. The summed E-state index contributed by atoms with van der Waals surface area (Å²) in [6.45, 7) is 2.65. The lowest BCUT2D eigenvalue weighted by Gasteiger charge is -2.22. The van der Waals surface area contributed by atoms with Crippen molar-refractivity contribution in [3.8, 4) is 5.75 Å². The lowest BCUT2D eigenvalue weighted by molar-refractivity contribution is -0.114. The number of nitrogens with zero attached hydrogens (tertiary/aromatic N) is 1. The molecule has 2 N–H and O–H groups in total. The van der Waals surface area contributed by atoms with Crippen LogP contribution in [0.4, 0.5) is 11.5 Å². The van der Waals surface area contributed by atoms with E-state index in [1.165, 1.54) is 43.9 Å². The molecular formula is C23H29N3O3S. The van der Waals surface area contributed by atoms with E-state index < -0.39 is 0 Å². The molecule has 1 aromatic heterocycles. The SMILES string of the molecule is Cc1ccc(NC(=O)CSCC(=O)Nc2ncccc2OCC2CCCCC2)cc1. The molecule has 1 aliphatic rings. The number of amides is 2. The number of carbonyl (C=O) groups excluding carboxylic acids is 2. The number of hydrogen-bond acceptors (Lipinski definition) is 5. The van der Waals surface area contributed by atoms with Crippen molar-refractivity contribution < 1.29 is 14.3 Å². The van der Waals surface area contributed by atoms with E-state index in [1.807, 2.05) is 37.3 Å². The van der Waals surface area contributed by atoms with Crippen molar-refractivity contribution in [3.05, 3.63) is 48.2 Å². The molecule has 0 aliphatic heterocycles. The van der Waals surface area contributed by atoms with Gasteiger partial charge in [0.1, 0.15) is 0 Å². The molecule has 2 amide bonds. The number of thioether (sulfide) groups is 1. The molecule has 160 valence electrons. The summed E-state index contributed by atoms with van der Waals surface area (Å²) in [6, 6.07) is 11.2.